The predicted molar refractivity (Wildman–Crippen MR) is 167 cm³/mol. The molecule has 0 aromatic heterocycles. The fraction of sp³-hybridized carbons (Fsp3) is 0.647. The molecule has 8 aliphatic carbocycles. The Morgan fingerprint density at radius 1 is 0.571 bits per heavy atom. The average molecular weight is 652 g/mol. The molecule has 0 amide bonds. The van der Waals surface area contributed by atoms with Gasteiger partial charge in [-0.15, -0.1) is 0 Å². The zero-order valence-electron chi connectivity index (χ0n) is 23.8. The molecule has 42 heavy (non-hydrogen) atoms. The van der Waals surface area contributed by atoms with Crippen LogP contribution in [-0.4, -0.2) is 13.2 Å². The van der Waals surface area contributed by atoms with Gasteiger partial charge in [0.05, 0.1) is 33.0 Å². The summed E-state index contributed by atoms with van der Waals surface area (Å²) in [6.07, 6.45) is 15.6. The van der Waals surface area contributed by atoms with E-state index >= 15 is 8.78 Å². The quantitative estimate of drug-likeness (QED) is 0.251. The minimum atomic E-state index is -0.417. The van der Waals surface area contributed by atoms with Crippen molar-refractivity contribution in [2.24, 2.45) is 46.3 Å². The fourth-order valence-corrected chi connectivity index (χ4v) is 13.5. The van der Waals surface area contributed by atoms with Gasteiger partial charge in [-0.1, -0.05) is 23.2 Å². The largest absolute Gasteiger partial charge is 0.491 e. The van der Waals surface area contributed by atoms with Crippen LogP contribution in [0.4, 0.5) is 8.78 Å². The van der Waals surface area contributed by atoms with Crippen molar-refractivity contribution in [1.29, 1.82) is 0 Å². The second kappa shape index (κ2) is 10.9. The van der Waals surface area contributed by atoms with Crippen LogP contribution in [0.5, 0.6) is 11.5 Å². The van der Waals surface area contributed by atoms with Crippen molar-refractivity contribution in [3.8, 4) is 11.5 Å². The van der Waals surface area contributed by atoms with E-state index in [0.29, 0.717) is 44.5 Å². The van der Waals surface area contributed by atoms with E-state index in [2.05, 4.69) is 0 Å². The third-order valence-corrected chi connectivity index (χ3v) is 14.6. The molecule has 2 aromatic carbocycles. The van der Waals surface area contributed by atoms with E-state index in [1.807, 2.05) is 0 Å². The number of benzene rings is 2. The van der Waals surface area contributed by atoms with Crippen molar-refractivity contribution >= 4 is 44.8 Å². The van der Waals surface area contributed by atoms with E-state index in [4.69, 9.17) is 32.7 Å². The molecule has 2 nitrogen and oxygen atoms in total. The van der Waals surface area contributed by atoms with Crippen LogP contribution in [0.15, 0.2) is 34.1 Å². The van der Waals surface area contributed by atoms with Crippen molar-refractivity contribution in [2.75, 3.05) is 13.2 Å². The van der Waals surface area contributed by atoms with Gasteiger partial charge >= 0.3 is 0 Å². The molecule has 0 atom stereocenters. The van der Waals surface area contributed by atoms with Crippen LogP contribution >= 0.6 is 44.8 Å². The first-order valence-electron chi connectivity index (χ1n) is 15.8. The number of ether oxygens (including phenoxy) is 2. The Morgan fingerprint density at radius 2 is 0.881 bits per heavy atom. The Balaban J connectivity index is 0.894. The molecule has 0 unspecified atom stereocenters. The molecule has 8 heteroatoms. The maximum atomic E-state index is 15.2. The summed E-state index contributed by atoms with van der Waals surface area (Å²) in [5, 5.41) is 0.771. The minimum absolute atomic E-state index is 0.222. The highest BCUT2D eigenvalue weighted by atomic mass is 35.5. The Bertz CT molecular complexity index is 1210. The molecule has 8 bridgehead atoms. The lowest BCUT2D eigenvalue weighted by Gasteiger charge is -2.56. The molecular formula is C34H38Cl2F2O2S2. The predicted octanol–water partition coefficient (Wildman–Crippen LogP) is 11.3. The topological polar surface area (TPSA) is 18.5 Å². The number of rotatable bonds is 9. The smallest absolute Gasteiger partial charge is 0.141 e. The Labute approximate surface area is 265 Å². The fourth-order valence-electron chi connectivity index (χ4n) is 10.9. The lowest BCUT2D eigenvalue weighted by molar-refractivity contribution is -0.0746. The second-order valence-electron chi connectivity index (χ2n) is 15.0. The van der Waals surface area contributed by atoms with E-state index in [-0.39, 0.29) is 10.8 Å². The zero-order chi connectivity index (χ0) is 28.6. The van der Waals surface area contributed by atoms with Gasteiger partial charge in [-0.3, -0.25) is 0 Å². The standard InChI is InChI=1S/C34H38Cl2F2O2S2/c35-25-7-31(27(37)9-29(25)39-17-33-11-19-1-20(12-33)3-21(2-19)13-33)41-42-32-8-26(36)30(10-28(32)38)40-18-34-14-22-4-23(15-34)6-24(5-22)16-34/h7-10,19-24H,1-6,11-18H2. The van der Waals surface area contributed by atoms with Gasteiger partial charge in [0.1, 0.15) is 23.1 Å². The molecule has 0 aliphatic heterocycles. The van der Waals surface area contributed by atoms with Gasteiger partial charge in [-0.25, -0.2) is 8.78 Å². The van der Waals surface area contributed by atoms with Crippen molar-refractivity contribution in [3.05, 3.63) is 45.9 Å². The van der Waals surface area contributed by atoms with Gasteiger partial charge in [-0.2, -0.15) is 0 Å². The first-order valence-corrected chi connectivity index (χ1v) is 18.7. The van der Waals surface area contributed by atoms with E-state index in [1.165, 1.54) is 89.2 Å². The van der Waals surface area contributed by atoms with E-state index in [0.717, 1.165) is 57.1 Å². The summed E-state index contributed by atoms with van der Waals surface area (Å²) in [6, 6.07) is 5.95. The number of hydrogen-bond donors (Lipinski definition) is 0. The van der Waals surface area contributed by atoms with Crippen LogP contribution in [0.25, 0.3) is 0 Å². The van der Waals surface area contributed by atoms with Gasteiger partial charge in [0.2, 0.25) is 0 Å². The average Bonchev–Trinajstić information content (AvgIpc) is 2.92. The first kappa shape index (κ1) is 28.6. The van der Waals surface area contributed by atoms with Crippen LogP contribution < -0.4 is 9.47 Å². The van der Waals surface area contributed by atoms with Crippen molar-refractivity contribution < 1.29 is 18.3 Å². The summed E-state index contributed by atoms with van der Waals surface area (Å²) in [5.74, 6) is 4.96. The maximum Gasteiger partial charge on any atom is 0.141 e. The molecule has 0 spiro atoms. The minimum Gasteiger partial charge on any atom is -0.491 e. The monoisotopic (exact) mass is 650 g/mol. The number of hydrogen-bond acceptors (Lipinski definition) is 4. The highest BCUT2D eigenvalue weighted by Gasteiger charge is 2.52. The third kappa shape index (κ3) is 5.47. The molecule has 8 aliphatic rings. The third-order valence-electron chi connectivity index (χ3n) is 11.6. The van der Waals surface area contributed by atoms with E-state index in [1.54, 1.807) is 12.1 Å². The number of halogens is 4. The van der Waals surface area contributed by atoms with Crippen molar-refractivity contribution in [2.45, 2.75) is 86.8 Å². The summed E-state index contributed by atoms with van der Waals surface area (Å²) in [5.41, 5.74) is 0.444. The molecule has 8 fully saturated rings. The van der Waals surface area contributed by atoms with Gasteiger partial charge in [-0.05, 0) is 146 Å². The molecule has 8 saturated carbocycles. The molecule has 0 saturated heterocycles. The van der Waals surface area contributed by atoms with Crippen LogP contribution in [0.1, 0.15) is 77.0 Å². The lowest BCUT2D eigenvalue weighted by Crippen LogP contribution is -2.48. The lowest BCUT2D eigenvalue weighted by atomic mass is 9.50. The van der Waals surface area contributed by atoms with Gasteiger partial charge in [0.25, 0.3) is 0 Å². The van der Waals surface area contributed by atoms with Crippen molar-refractivity contribution in [1.82, 2.24) is 0 Å². The summed E-state index contributed by atoms with van der Waals surface area (Å²) in [4.78, 5) is 0.676. The Kier molecular flexibility index (Phi) is 7.44. The summed E-state index contributed by atoms with van der Waals surface area (Å²) >= 11 is 13.1. The summed E-state index contributed by atoms with van der Waals surface area (Å²) in [7, 11) is 2.26. The molecule has 0 N–H and O–H groups in total. The van der Waals surface area contributed by atoms with Crippen LogP contribution in [0, 0.1) is 58.0 Å². The molecule has 2 aromatic rings. The highest BCUT2D eigenvalue weighted by Crippen LogP contribution is 2.61. The van der Waals surface area contributed by atoms with Gasteiger partial charge in [0.15, 0.2) is 0 Å². The Morgan fingerprint density at radius 3 is 1.19 bits per heavy atom. The van der Waals surface area contributed by atoms with Crippen LogP contribution in [0.2, 0.25) is 10.0 Å². The SMILES string of the molecule is Fc1cc(OCC23CC4CC(CC(C4)C2)C3)c(Cl)cc1SSc1cc(Cl)c(OCC23CC4CC(CC(C4)C2)C3)cc1F. The Hall–Kier alpha value is -0.820. The second-order valence-corrected chi connectivity index (χ2v) is 18.0. The summed E-state index contributed by atoms with van der Waals surface area (Å²) in [6.45, 7) is 1.22. The molecule has 10 rings (SSSR count). The van der Waals surface area contributed by atoms with Crippen molar-refractivity contribution in [3.63, 3.8) is 0 Å². The van der Waals surface area contributed by atoms with Gasteiger partial charge in [0, 0.05) is 23.0 Å². The molecule has 226 valence electrons. The normalized spacial score (nSPS) is 37.4. The highest BCUT2D eigenvalue weighted by molar-refractivity contribution is 8.76. The van der Waals surface area contributed by atoms with E-state index in [9.17, 15) is 0 Å². The molecule has 0 radical (unpaired) electrons. The van der Waals surface area contributed by atoms with Crippen LogP contribution in [0.3, 0.4) is 0 Å². The zero-order valence-corrected chi connectivity index (χ0v) is 27.0. The molecule has 0 heterocycles. The maximum absolute atomic E-state index is 15.2. The first-order chi connectivity index (χ1) is 20.2. The molecular weight excluding hydrogens is 613 g/mol. The van der Waals surface area contributed by atoms with Crippen LogP contribution in [-0.2, 0) is 0 Å². The van der Waals surface area contributed by atoms with E-state index < -0.39 is 11.6 Å². The van der Waals surface area contributed by atoms with Gasteiger partial charge < -0.3 is 9.47 Å². The summed E-state index contributed by atoms with van der Waals surface area (Å²) < 4.78 is 42.7.